The molecule has 0 unspecified atom stereocenters. The minimum Gasteiger partial charge on any atom is -0.380 e. The summed E-state index contributed by atoms with van der Waals surface area (Å²) in [6.07, 6.45) is 2.01. The predicted molar refractivity (Wildman–Crippen MR) is 72.4 cm³/mol. The van der Waals surface area contributed by atoms with Crippen LogP contribution in [0, 0.1) is 0 Å². The van der Waals surface area contributed by atoms with E-state index < -0.39 is 0 Å². The van der Waals surface area contributed by atoms with Crippen molar-refractivity contribution in [2.75, 3.05) is 17.2 Å². The van der Waals surface area contributed by atoms with E-state index in [1.807, 2.05) is 13.8 Å². The summed E-state index contributed by atoms with van der Waals surface area (Å²) in [4.78, 5) is 15.4. The zero-order chi connectivity index (χ0) is 12.8. The molecule has 1 aliphatic heterocycles. The van der Waals surface area contributed by atoms with Crippen molar-refractivity contribution in [1.29, 1.82) is 0 Å². The number of rotatable bonds is 1. The first-order valence-corrected chi connectivity index (χ1v) is 5.95. The van der Waals surface area contributed by atoms with Crippen molar-refractivity contribution in [3.05, 3.63) is 23.5 Å². The van der Waals surface area contributed by atoms with E-state index in [1.54, 1.807) is 12.1 Å². The Hall–Kier alpha value is -1.55. The van der Waals surface area contributed by atoms with Crippen molar-refractivity contribution >= 4 is 35.0 Å². The molecule has 0 radical (unpaired) electrons. The second-order valence-electron chi connectivity index (χ2n) is 3.19. The van der Waals surface area contributed by atoms with Gasteiger partial charge in [-0.3, -0.25) is 4.79 Å². The van der Waals surface area contributed by atoms with Crippen molar-refractivity contribution in [3.8, 4) is 0 Å². The van der Waals surface area contributed by atoms with Crippen LogP contribution < -0.4 is 10.6 Å². The number of nitrogens with one attached hydrogen (secondary N) is 2. The van der Waals surface area contributed by atoms with Crippen molar-refractivity contribution in [2.24, 2.45) is 0 Å². The molecule has 5 heteroatoms. The Bertz CT molecular complexity index is 432. The van der Waals surface area contributed by atoms with Gasteiger partial charge in [-0.15, -0.1) is 0 Å². The minimum atomic E-state index is -0.0291. The summed E-state index contributed by atoms with van der Waals surface area (Å²) >= 11 is 5.97. The van der Waals surface area contributed by atoms with E-state index in [1.165, 1.54) is 0 Å². The van der Waals surface area contributed by atoms with E-state index in [2.05, 4.69) is 22.2 Å². The summed E-state index contributed by atoms with van der Waals surface area (Å²) < 4.78 is 0. The SMILES string of the molecule is C=Cc1cc2c(c(Cl)n1)NCCC(=O)N2.CC. The number of aromatic nitrogens is 1. The molecule has 92 valence electrons. The molecule has 2 N–H and O–H groups in total. The number of anilines is 2. The zero-order valence-corrected chi connectivity index (χ0v) is 10.8. The fraction of sp³-hybridized carbons (Fsp3) is 0.333. The smallest absolute Gasteiger partial charge is 0.226 e. The highest BCUT2D eigenvalue weighted by molar-refractivity contribution is 6.33. The number of amides is 1. The van der Waals surface area contributed by atoms with Gasteiger partial charge >= 0.3 is 0 Å². The van der Waals surface area contributed by atoms with Crippen LogP contribution in [0.1, 0.15) is 26.0 Å². The quantitative estimate of drug-likeness (QED) is 0.756. The molecule has 0 spiro atoms. The third kappa shape index (κ3) is 3.20. The first kappa shape index (κ1) is 13.5. The molecule has 0 bridgehead atoms. The lowest BCUT2D eigenvalue weighted by atomic mass is 10.2. The fourth-order valence-corrected chi connectivity index (χ4v) is 1.68. The van der Waals surface area contributed by atoms with Crippen LogP contribution in [0.4, 0.5) is 11.4 Å². The van der Waals surface area contributed by atoms with Crippen LogP contribution in [0.15, 0.2) is 12.6 Å². The second-order valence-corrected chi connectivity index (χ2v) is 3.55. The molecule has 0 atom stereocenters. The molecule has 1 amide bonds. The highest BCUT2D eigenvalue weighted by Crippen LogP contribution is 2.31. The van der Waals surface area contributed by atoms with Gasteiger partial charge in [-0.25, -0.2) is 4.98 Å². The van der Waals surface area contributed by atoms with Crippen molar-refractivity contribution in [2.45, 2.75) is 20.3 Å². The summed E-state index contributed by atoms with van der Waals surface area (Å²) in [5.41, 5.74) is 1.98. The van der Waals surface area contributed by atoms with Gasteiger partial charge in [0.2, 0.25) is 5.91 Å². The summed E-state index contributed by atoms with van der Waals surface area (Å²) in [5.74, 6) is -0.0291. The van der Waals surface area contributed by atoms with Gasteiger partial charge in [0.1, 0.15) is 0 Å². The summed E-state index contributed by atoms with van der Waals surface area (Å²) in [7, 11) is 0. The van der Waals surface area contributed by atoms with E-state index in [0.29, 0.717) is 35.2 Å². The highest BCUT2D eigenvalue weighted by Gasteiger charge is 2.16. The van der Waals surface area contributed by atoms with Crippen LogP contribution in [-0.4, -0.2) is 17.4 Å². The van der Waals surface area contributed by atoms with Crippen LogP contribution >= 0.6 is 11.6 Å². The van der Waals surface area contributed by atoms with E-state index in [0.717, 1.165) is 0 Å². The molecule has 1 aliphatic rings. The molecule has 17 heavy (non-hydrogen) atoms. The Morgan fingerprint density at radius 2 is 2.24 bits per heavy atom. The molecule has 1 aromatic rings. The van der Waals surface area contributed by atoms with Gasteiger partial charge in [0, 0.05) is 13.0 Å². The van der Waals surface area contributed by atoms with E-state index >= 15 is 0 Å². The Labute approximate surface area is 106 Å². The average Bonchev–Trinajstić information content (AvgIpc) is 2.52. The maximum absolute atomic E-state index is 11.3. The van der Waals surface area contributed by atoms with Gasteiger partial charge in [-0.05, 0) is 12.1 Å². The number of hydrogen-bond acceptors (Lipinski definition) is 3. The summed E-state index contributed by atoms with van der Waals surface area (Å²) in [6, 6.07) is 1.74. The Morgan fingerprint density at radius 1 is 1.53 bits per heavy atom. The standard InChI is InChI=1S/C10H10ClN3O.C2H6/c1-2-6-5-7-9(10(11)13-6)12-4-3-8(15)14-7;1-2/h2,5,12H,1,3-4H2,(H,14,15);1-2H3. The molecule has 0 saturated heterocycles. The molecule has 0 fully saturated rings. The van der Waals surface area contributed by atoms with Crippen LogP contribution in [0.25, 0.3) is 6.08 Å². The van der Waals surface area contributed by atoms with Crippen LogP contribution in [-0.2, 0) is 4.79 Å². The predicted octanol–water partition coefficient (Wildman–Crippen LogP) is 3.16. The summed E-state index contributed by atoms with van der Waals surface area (Å²) in [6.45, 7) is 8.17. The molecule has 0 saturated carbocycles. The topological polar surface area (TPSA) is 54.0 Å². The van der Waals surface area contributed by atoms with E-state index in [9.17, 15) is 4.79 Å². The number of halogens is 1. The minimum absolute atomic E-state index is 0.0291. The molecular weight excluding hydrogens is 238 g/mol. The van der Waals surface area contributed by atoms with Gasteiger partial charge in [-0.2, -0.15) is 0 Å². The van der Waals surface area contributed by atoms with Crippen LogP contribution in [0.5, 0.6) is 0 Å². The maximum Gasteiger partial charge on any atom is 0.226 e. The fourth-order valence-electron chi connectivity index (χ4n) is 1.42. The van der Waals surface area contributed by atoms with Gasteiger partial charge in [0.05, 0.1) is 17.1 Å². The normalized spacial score (nSPS) is 13.2. The maximum atomic E-state index is 11.3. The monoisotopic (exact) mass is 253 g/mol. The zero-order valence-electron chi connectivity index (χ0n) is 10.0. The Balaban J connectivity index is 0.000000686. The lowest BCUT2D eigenvalue weighted by Gasteiger charge is -2.09. The highest BCUT2D eigenvalue weighted by atomic mass is 35.5. The number of nitrogens with zero attached hydrogens (tertiary/aromatic N) is 1. The summed E-state index contributed by atoms with van der Waals surface area (Å²) in [5, 5.41) is 6.18. The van der Waals surface area contributed by atoms with Crippen LogP contribution in [0.2, 0.25) is 5.15 Å². The molecule has 2 rings (SSSR count). The Kier molecular flexibility index (Phi) is 4.97. The van der Waals surface area contributed by atoms with Gasteiger partial charge < -0.3 is 10.6 Å². The number of carbonyl (C=O) groups excluding carboxylic acids is 1. The molecular formula is C12H16ClN3O. The molecule has 0 aromatic carbocycles. The molecule has 2 heterocycles. The number of carbonyl (C=O) groups is 1. The molecule has 0 aliphatic carbocycles. The lowest BCUT2D eigenvalue weighted by molar-refractivity contribution is -0.115. The average molecular weight is 254 g/mol. The van der Waals surface area contributed by atoms with Crippen molar-refractivity contribution in [3.63, 3.8) is 0 Å². The second kappa shape index (κ2) is 6.25. The first-order valence-electron chi connectivity index (χ1n) is 5.57. The van der Waals surface area contributed by atoms with Crippen molar-refractivity contribution in [1.82, 2.24) is 4.98 Å². The molecule has 4 nitrogen and oxygen atoms in total. The Morgan fingerprint density at radius 3 is 2.88 bits per heavy atom. The third-order valence-corrected chi connectivity index (χ3v) is 2.41. The number of pyridine rings is 1. The molecule has 1 aromatic heterocycles. The van der Waals surface area contributed by atoms with E-state index in [-0.39, 0.29) is 5.91 Å². The number of hydrogen-bond donors (Lipinski definition) is 2. The lowest BCUT2D eigenvalue weighted by Crippen LogP contribution is -2.10. The van der Waals surface area contributed by atoms with Gasteiger partial charge in [0.15, 0.2) is 5.15 Å². The number of fused-ring (bicyclic) bond motifs is 1. The third-order valence-electron chi connectivity index (χ3n) is 2.13. The first-order chi connectivity index (χ1) is 8.20. The van der Waals surface area contributed by atoms with Crippen LogP contribution in [0.3, 0.4) is 0 Å². The van der Waals surface area contributed by atoms with Crippen molar-refractivity contribution < 1.29 is 4.79 Å². The van der Waals surface area contributed by atoms with Gasteiger partial charge in [0.25, 0.3) is 0 Å². The van der Waals surface area contributed by atoms with E-state index in [4.69, 9.17) is 11.6 Å². The largest absolute Gasteiger partial charge is 0.380 e. The van der Waals surface area contributed by atoms with Gasteiger partial charge in [-0.1, -0.05) is 32.0 Å².